The third-order valence-corrected chi connectivity index (χ3v) is 3.03. The first-order valence-corrected chi connectivity index (χ1v) is 6.41. The summed E-state index contributed by atoms with van der Waals surface area (Å²) >= 11 is 3.04. The van der Waals surface area contributed by atoms with E-state index in [1.165, 1.54) is 18.2 Å². The SMILES string of the molecule is N#Cc1cccc(NC(=O)Nc2ccc(F)c(Br)c2)c1. The molecule has 0 saturated heterocycles. The number of carbonyl (C=O) groups excluding carboxylic acids is 1. The van der Waals surface area contributed by atoms with Crippen molar-refractivity contribution in [2.24, 2.45) is 0 Å². The van der Waals surface area contributed by atoms with Crippen molar-refractivity contribution in [2.45, 2.75) is 0 Å². The zero-order valence-electron chi connectivity index (χ0n) is 10.2. The number of hydrogen-bond acceptors (Lipinski definition) is 2. The van der Waals surface area contributed by atoms with Crippen LogP contribution in [-0.2, 0) is 0 Å². The lowest BCUT2D eigenvalue weighted by Gasteiger charge is -2.08. The Kier molecular flexibility index (Phi) is 4.33. The second kappa shape index (κ2) is 6.17. The Labute approximate surface area is 123 Å². The van der Waals surface area contributed by atoms with Crippen LogP contribution in [0.4, 0.5) is 20.6 Å². The maximum absolute atomic E-state index is 13.1. The summed E-state index contributed by atoms with van der Waals surface area (Å²) in [6.45, 7) is 0. The molecule has 2 amide bonds. The number of hydrogen-bond donors (Lipinski definition) is 2. The number of urea groups is 1. The number of nitrogens with one attached hydrogen (secondary N) is 2. The molecule has 0 fully saturated rings. The van der Waals surface area contributed by atoms with Crippen LogP contribution in [-0.4, -0.2) is 6.03 Å². The molecule has 2 rings (SSSR count). The van der Waals surface area contributed by atoms with Gasteiger partial charge in [-0.25, -0.2) is 9.18 Å². The number of rotatable bonds is 2. The Hall–Kier alpha value is -2.39. The number of nitrogens with zero attached hydrogens (tertiary/aromatic N) is 1. The van der Waals surface area contributed by atoms with Gasteiger partial charge in [-0.1, -0.05) is 6.07 Å². The first kappa shape index (κ1) is 14.0. The van der Waals surface area contributed by atoms with E-state index in [1.54, 1.807) is 24.3 Å². The minimum atomic E-state index is -0.474. The van der Waals surface area contributed by atoms with Crippen LogP contribution in [0.5, 0.6) is 0 Å². The van der Waals surface area contributed by atoms with Gasteiger partial charge in [0, 0.05) is 11.4 Å². The fraction of sp³-hybridized carbons (Fsp3) is 0. The Morgan fingerprint density at radius 1 is 1.15 bits per heavy atom. The van der Waals surface area contributed by atoms with Crippen LogP contribution in [0.3, 0.4) is 0 Å². The van der Waals surface area contributed by atoms with Gasteiger partial charge < -0.3 is 10.6 Å². The van der Waals surface area contributed by atoms with Crippen LogP contribution >= 0.6 is 15.9 Å². The van der Waals surface area contributed by atoms with Crippen molar-refractivity contribution in [2.75, 3.05) is 10.6 Å². The fourth-order valence-corrected chi connectivity index (χ4v) is 1.91. The molecule has 0 radical (unpaired) electrons. The molecule has 2 aromatic carbocycles. The summed E-state index contributed by atoms with van der Waals surface area (Å²) in [5.41, 5.74) is 1.40. The molecule has 0 bridgehead atoms. The van der Waals surface area contributed by atoms with E-state index >= 15 is 0 Å². The smallest absolute Gasteiger partial charge is 0.308 e. The predicted molar refractivity (Wildman–Crippen MR) is 77.9 cm³/mol. The van der Waals surface area contributed by atoms with Crippen molar-refractivity contribution in [3.05, 3.63) is 58.3 Å². The monoisotopic (exact) mass is 333 g/mol. The highest BCUT2D eigenvalue weighted by Crippen LogP contribution is 2.20. The van der Waals surface area contributed by atoms with Crippen LogP contribution in [0.2, 0.25) is 0 Å². The van der Waals surface area contributed by atoms with E-state index in [-0.39, 0.29) is 4.47 Å². The van der Waals surface area contributed by atoms with Crippen LogP contribution in [0.15, 0.2) is 46.9 Å². The molecule has 0 aromatic heterocycles. The summed E-state index contributed by atoms with van der Waals surface area (Å²) in [6, 6.07) is 12.2. The average Bonchev–Trinajstić information content (AvgIpc) is 2.43. The molecule has 0 aliphatic carbocycles. The van der Waals surface area contributed by atoms with E-state index in [4.69, 9.17) is 5.26 Å². The maximum atomic E-state index is 13.1. The Balaban J connectivity index is 2.05. The van der Waals surface area contributed by atoms with E-state index in [9.17, 15) is 9.18 Å². The number of halogens is 2. The lowest BCUT2D eigenvalue weighted by atomic mass is 10.2. The van der Waals surface area contributed by atoms with Gasteiger partial charge in [-0.05, 0) is 52.3 Å². The molecule has 0 unspecified atom stereocenters. The van der Waals surface area contributed by atoms with E-state index in [1.807, 2.05) is 6.07 Å². The quantitative estimate of drug-likeness (QED) is 0.868. The predicted octanol–water partition coefficient (Wildman–Crippen LogP) is 4.10. The molecule has 2 N–H and O–H groups in total. The number of benzene rings is 2. The first-order valence-electron chi connectivity index (χ1n) is 5.62. The van der Waals surface area contributed by atoms with Gasteiger partial charge in [-0.15, -0.1) is 0 Å². The van der Waals surface area contributed by atoms with Crippen LogP contribution < -0.4 is 10.6 Å². The van der Waals surface area contributed by atoms with Gasteiger partial charge in [0.05, 0.1) is 16.1 Å². The molecule has 4 nitrogen and oxygen atoms in total. The maximum Gasteiger partial charge on any atom is 0.323 e. The number of amides is 2. The molecular weight excluding hydrogens is 325 g/mol. The lowest BCUT2D eigenvalue weighted by molar-refractivity contribution is 0.262. The van der Waals surface area contributed by atoms with Gasteiger partial charge in [0.15, 0.2) is 0 Å². The molecule has 0 aliphatic rings. The summed E-state index contributed by atoms with van der Waals surface area (Å²) in [5.74, 6) is -0.405. The summed E-state index contributed by atoms with van der Waals surface area (Å²) in [6.07, 6.45) is 0. The molecule has 0 heterocycles. The summed E-state index contributed by atoms with van der Waals surface area (Å²) < 4.78 is 13.3. The highest BCUT2D eigenvalue weighted by molar-refractivity contribution is 9.10. The van der Waals surface area contributed by atoms with Crippen molar-refractivity contribution in [3.63, 3.8) is 0 Å². The van der Waals surface area contributed by atoms with Crippen molar-refractivity contribution in [1.29, 1.82) is 5.26 Å². The van der Waals surface area contributed by atoms with Crippen LogP contribution in [0, 0.1) is 17.1 Å². The molecule has 2 aromatic rings. The topological polar surface area (TPSA) is 64.9 Å². The van der Waals surface area contributed by atoms with Crippen molar-refractivity contribution in [3.8, 4) is 6.07 Å². The molecule has 0 saturated carbocycles. The summed E-state index contributed by atoms with van der Waals surface area (Å²) in [5, 5.41) is 13.9. The van der Waals surface area contributed by atoms with Gasteiger partial charge in [0.1, 0.15) is 5.82 Å². The fourth-order valence-electron chi connectivity index (χ4n) is 1.53. The Morgan fingerprint density at radius 2 is 1.85 bits per heavy atom. The number of carbonyl (C=O) groups is 1. The van der Waals surface area contributed by atoms with E-state index in [0.717, 1.165) is 0 Å². The Bertz CT molecular complexity index is 697. The molecule has 0 spiro atoms. The molecule has 6 heteroatoms. The molecule has 0 aliphatic heterocycles. The van der Waals surface area contributed by atoms with Gasteiger partial charge in [-0.3, -0.25) is 0 Å². The van der Waals surface area contributed by atoms with Gasteiger partial charge in [-0.2, -0.15) is 5.26 Å². The average molecular weight is 334 g/mol. The van der Waals surface area contributed by atoms with Crippen LogP contribution in [0.25, 0.3) is 0 Å². The third-order valence-electron chi connectivity index (χ3n) is 2.43. The van der Waals surface area contributed by atoms with Gasteiger partial charge in [0.25, 0.3) is 0 Å². The molecule has 100 valence electrons. The zero-order valence-corrected chi connectivity index (χ0v) is 11.7. The second-order valence-electron chi connectivity index (χ2n) is 3.90. The normalized spacial score (nSPS) is 9.65. The minimum absolute atomic E-state index is 0.266. The highest BCUT2D eigenvalue weighted by atomic mass is 79.9. The standard InChI is InChI=1S/C14H9BrFN3O/c15-12-7-11(4-5-13(12)16)19-14(20)18-10-3-1-2-9(6-10)8-17/h1-7H,(H2,18,19,20). The number of anilines is 2. The zero-order chi connectivity index (χ0) is 14.5. The minimum Gasteiger partial charge on any atom is -0.308 e. The third kappa shape index (κ3) is 3.56. The Morgan fingerprint density at radius 3 is 2.50 bits per heavy atom. The highest BCUT2D eigenvalue weighted by Gasteiger charge is 2.05. The molecular formula is C14H9BrFN3O. The van der Waals surface area contributed by atoms with Crippen molar-refractivity contribution in [1.82, 2.24) is 0 Å². The molecule has 0 atom stereocenters. The van der Waals surface area contributed by atoms with Crippen molar-refractivity contribution >= 4 is 33.3 Å². The number of nitriles is 1. The second-order valence-corrected chi connectivity index (χ2v) is 4.75. The van der Waals surface area contributed by atoms with Crippen LogP contribution in [0.1, 0.15) is 5.56 Å². The van der Waals surface area contributed by atoms with Crippen molar-refractivity contribution < 1.29 is 9.18 Å². The van der Waals surface area contributed by atoms with Gasteiger partial charge >= 0.3 is 6.03 Å². The van der Waals surface area contributed by atoms with Gasteiger partial charge in [0.2, 0.25) is 0 Å². The largest absolute Gasteiger partial charge is 0.323 e. The molecule has 20 heavy (non-hydrogen) atoms. The summed E-state index contributed by atoms with van der Waals surface area (Å²) in [4.78, 5) is 11.8. The van der Waals surface area contributed by atoms with E-state index in [0.29, 0.717) is 16.9 Å². The van der Waals surface area contributed by atoms with E-state index < -0.39 is 11.8 Å². The first-order chi connectivity index (χ1) is 9.58. The lowest BCUT2D eigenvalue weighted by Crippen LogP contribution is -2.19. The van der Waals surface area contributed by atoms with E-state index in [2.05, 4.69) is 26.6 Å². The summed E-state index contributed by atoms with van der Waals surface area (Å²) in [7, 11) is 0.